The Bertz CT molecular complexity index is 709. The summed E-state index contributed by atoms with van der Waals surface area (Å²) in [6, 6.07) is 9.66. The summed E-state index contributed by atoms with van der Waals surface area (Å²) in [4.78, 5) is 29.0. The largest absolute Gasteiger partial charge is 0.368 e. The molecule has 2 N–H and O–H groups in total. The fraction of sp³-hybridized carbons (Fsp3) is 0.312. The highest BCUT2D eigenvalue weighted by Gasteiger charge is 2.24. The van der Waals surface area contributed by atoms with Crippen molar-refractivity contribution >= 4 is 23.2 Å². The van der Waals surface area contributed by atoms with Crippen molar-refractivity contribution in [1.82, 2.24) is 15.8 Å². The van der Waals surface area contributed by atoms with Crippen molar-refractivity contribution in [3.05, 3.63) is 40.9 Å². The average molecular weight is 331 g/mol. The second kappa shape index (κ2) is 6.89. The van der Waals surface area contributed by atoms with Crippen LogP contribution in [0.2, 0.25) is 0 Å². The highest BCUT2D eigenvalue weighted by atomic mass is 32.1. The van der Waals surface area contributed by atoms with Crippen LogP contribution in [0.15, 0.2) is 30.3 Å². The maximum atomic E-state index is 12.2. The van der Waals surface area contributed by atoms with E-state index in [1.54, 1.807) is 6.92 Å². The predicted molar refractivity (Wildman–Crippen MR) is 86.9 cm³/mol. The number of thiazole rings is 1. The maximum Gasteiger partial charge on any atom is 0.281 e. The molecular formula is C16H17N3O3S. The van der Waals surface area contributed by atoms with E-state index in [9.17, 15) is 9.59 Å². The summed E-state index contributed by atoms with van der Waals surface area (Å²) in [5.41, 5.74) is 6.45. The smallest absolute Gasteiger partial charge is 0.281 e. The number of carbonyl (C=O) groups excluding carboxylic acids is 2. The number of carbonyl (C=O) groups is 2. The molecular weight excluding hydrogens is 314 g/mol. The number of nitrogens with zero attached hydrogens (tertiary/aromatic N) is 1. The van der Waals surface area contributed by atoms with Crippen LogP contribution in [0.3, 0.4) is 0 Å². The lowest BCUT2D eigenvalue weighted by atomic mass is 10.2. The summed E-state index contributed by atoms with van der Waals surface area (Å²) in [6.07, 6.45) is 1.07. The molecule has 0 bridgehead atoms. The minimum atomic E-state index is -0.474. The lowest BCUT2D eigenvalue weighted by Gasteiger charge is -2.10. The van der Waals surface area contributed by atoms with Crippen molar-refractivity contribution in [2.45, 2.75) is 25.9 Å². The summed E-state index contributed by atoms with van der Waals surface area (Å²) in [5.74, 6) is -0.685. The molecule has 2 heterocycles. The third-order valence-corrected chi connectivity index (χ3v) is 4.75. The first-order valence-corrected chi connectivity index (χ1v) is 8.21. The maximum absolute atomic E-state index is 12.2. The molecule has 0 aliphatic carbocycles. The Labute approximate surface area is 137 Å². The standard InChI is InChI=1S/C16H17N3O3S/c1-10-13(23-16(17-10)11-6-3-2-4-7-11)15(21)19-18-14(20)12-8-5-9-22-12/h2-4,6-7,12H,5,8-9H2,1H3,(H,18,20)(H,19,21). The summed E-state index contributed by atoms with van der Waals surface area (Å²) in [6.45, 7) is 2.36. The molecule has 1 saturated heterocycles. The molecule has 3 rings (SSSR count). The van der Waals surface area contributed by atoms with E-state index in [-0.39, 0.29) is 11.8 Å². The van der Waals surface area contributed by atoms with Crippen molar-refractivity contribution in [3.8, 4) is 10.6 Å². The zero-order valence-corrected chi connectivity index (χ0v) is 13.5. The quantitative estimate of drug-likeness (QED) is 0.844. The molecule has 2 amide bonds. The van der Waals surface area contributed by atoms with Crippen LogP contribution in [-0.4, -0.2) is 29.5 Å². The van der Waals surface area contributed by atoms with Gasteiger partial charge in [-0.3, -0.25) is 20.4 Å². The third kappa shape index (κ3) is 3.57. The van der Waals surface area contributed by atoms with Crippen molar-refractivity contribution in [2.75, 3.05) is 6.61 Å². The second-order valence-electron chi connectivity index (χ2n) is 5.24. The Morgan fingerprint density at radius 1 is 1.26 bits per heavy atom. The van der Waals surface area contributed by atoms with E-state index in [0.29, 0.717) is 23.6 Å². The Morgan fingerprint density at radius 3 is 2.74 bits per heavy atom. The van der Waals surface area contributed by atoms with Crippen LogP contribution >= 0.6 is 11.3 Å². The fourth-order valence-corrected chi connectivity index (χ4v) is 3.32. The Morgan fingerprint density at radius 2 is 2.04 bits per heavy atom. The molecule has 0 radical (unpaired) electrons. The minimum absolute atomic E-state index is 0.318. The van der Waals surface area contributed by atoms with Crippen LogP contribution in [0.5, 0.6) is 0 Å². The van der Waals surface area contributed by atoms with Crippen LogP contribution in [-0.2, 0) is 9.53 Å². The fourth-order valence-electron chi connectivity index (χ4n) is 2.35. The minimum Gasteiger partial charge on any atom is -0.368 e. The Kier molecular flexibility index (Phi) is 4.68. The number of hydrazine groups is 1. The molecule has 23 heavy (non-hydrogen) atoms. The summed E-state index contributed by atoms with van der Waals surface area (Å²) < 4.78 is 5.27. The first-order valence-electron chi connectivity index (χ1n) is 7.40. The number of rotatable bonds is 3. The molecule has 1 atom stereocenters. The van der Waals surface area contributed by atoms with Gasteiger partial charge in [0.05, 0.1) is 5.69 Å². The average Bonchev–Trinajstić information content (AvgIpc) is 3.23. The number of hydrogen-bond donors (Lipinski definition) is 2. The molecule has 0 spiro atoms. The van der Waals surface area contributed by atoms with Crippen LogP contribution in [0.25, 0.3) is 10.6 Å². The lowest BCUT2D eigenvalue weighted by Crippen LogP contribution is -2.46. The van der Waals surface area contributed by atoms with Gasteiger partial charge in [0.15, 0.2) is 0 Å². The van der Waals surface area contributed by atoms with Gasteiger partial charge in [-0.25, -0.2) is 4.98 Å². The van der Waals surface area contributed by atoms with E-state index < -0.39 is 6.10 Å². The molecule has 1 aliphatic rings. The molecule has 1 aromatic heterocycles. The zero-order chi connectivity index (χ0) is 16.2. The van der Waals surface area contributed by atoms with E-state index >= 15 is 0 Å². The van der Waals surface area contributed by atoms with Gasteiger partial charge >= 0.3 is 0 Å². The van der Waals surface area contributed by atoms with Crippen molar-refractivity contribution in [1.29, 1.82) is 0 Å². The van der Waals surface area contributed by atoms with Crippen LogP contribution in [0.1, 0.15) is 28.2 Å². The van der Waals surface area contributed by atoms with Crippen molar-refractivity contribution < 1.29 is 14.3 Å². The first kappa shape index (κ1) is 15.6. The van der Waals surface area contributed by atoms with Gasteiger partial charge < -0.3 is 4.74 Å². The van der Waals surface area contributed by atoms with Gasteiger partial charge in [-0.05, 0) is 19.8 Å². The van der Waals surface area contributed by atoms with E-state index in [4.69, 9.17) is 4.74 Å². The zero-order valence-electron chi connectivity index (χ0n) is 12.7. The number of aryl methyl sites for hydroxylation is 1. The Balaban J connectivity index is 1.65. The number of benzene rings is 1. The van der Waals surface area contributed by atoms with Crippen molar-refractivity contribution in [2.24, 2.45) is 0 Å². The second-order valence-corrected chi connectivity index (χ2v) is 6.24. The molecule has 1 aliphatic heterocycles. The highest BCUT2D eigenvalue weighted by molar-refractivity contribution is 7.17. The number of hydrogen-bond acceptors (Lipinski definition) is 5. The Hall–Kier alpha value is -2.25. The first-order chi connectivity index (χ1) is 11.1. The van der Waals surface area contributed by atoms with Gasteiger partial charge in [0.2, 0.25) is 0 Å². The molecule has 1 unspecified atom stereocenters. The van der Waals surface area contributed by atoms with E-state index in [1.807, 2.05) is 30.3 Å². The summed E-state index contributed by atoms with van der Waals surface area (Å²) in [7, 11) is 0. The number of aromatic nitrogens is 1. The van der Waals surface area contributed by atoms with Crippen molar-refractivity contribution in [3.63, 3.8) is 0 Å². The highest BCUT2D eigenvalue weighted by Crippen LogP contribution is 2.27. The molecule has 120 valence electrons. The van der Waals surface area contributed by atoms with Gasteiger partial charge in [-0.2, -0.15) is 0 Å². The van der Waals surface area contributed by atoms with E-state index in [1.165, 1.54) is 11.3 Å². The number of ether oxygens (including phenoxy) is 1. The molecule has 0 saturated carbocycles. The molecule has 7 heteroatoms. The molecule has 6 nitrogen and oxygen atoms in total. The van der Waals surface area contributed by atoms with Gasteiger partial charge in [-0.1, -0.05) is 30.3 Å². The normalized spacial score (nSPS) is 17.0. The van der Waals surface area contributed by atoms with Crippen LogP contribution in [0, 0.1) is 6.92 Å². The summed E-state index contributed by atoms with van der Waals surface area (Å²) in [5, 5.41) is 0.777. The van der Waals surface area contributed by atoms with Crippen LogP contribution in [0.4, 0.5) is 0 Å². The van der Waals surface area contributed by atoms with E-state index in [0.717, 1.165) is 17.0 Å². The van der Waals surface area contributed by atoms with E-state index in [2.05, 4.69) is 15.8 Å². The van der Waals surface area contributed by atoms with Gasteiger partial charge in [-0.15, -0.1) is 11.3 Å². The number of nitrogens with one attached hydrogen (secondary N) is 2. The lowest BCUT2D eigenvalue weighted by molar-refractivity contribution is -0.130. The van der Waals surface area contributed by atoms with Gasteiger partial charge in [0.25, 0.3) is 11.8 Å². The van der Waals surface area contributed by atoms with Crippen LogP contribution < -0.4 is 10.9 Å². The summed E-state index contributed by atoms with van der Waals surface area (Å²) >= 11 is 1.30. The monoisotopic (exact) mass is 331 g/mol. The third-order valence-electron chi connectivity index (χ3n) is 3.54. The predicted octanol–water partition coefficient (Wildman–Crippen LogP) is 2.06. The topological polar surface area (TPSA) is 80.3 Å². The molecule has 1 fully saturated rings. The molecule has 2 aromatic rings. The molecule has 1 aromatic carbocycles. The van der Waals surface area contributed by atoms with Gasteiger partial charge in [0, 0.05) is 12.2 Å². The van der Waals surface area contributed by atoms with Gasteiger partial charge in [0.1, 0.15) is 16.0 Å². The SMILES string of the molecule is Cc1nc(-c2ccccc2)sc1C(=O)NNC(=O)C1CCCO1. The number of amides is 2.